The maximum atomic E-state index is 13.9. The van der Waals surface area contributed by atoms with E-state index in [-0.39, 0.29) is 23.6 Å². The van der Waals surface area contributed by atoms with Crippen LogP contribution in [0.2, 0.25) is 0 Å². The largest absolute Gasteiger partial charge is 0.488 e. The number of carbonyl (C=O) groups excluding carboxylic acids is 2. The van der Waals surface area contributed by atoms with Crippen molar-refractivity contribution in [3.05, 3.63) is 87.6 Å². The summed E-state index contributed by atoms with van der Waals surface area (Å²) in [5.74, 6) is -1.22. The van der Waals surface area contributed by atoms with E-state index >= 15 is 0 Å². The molecule has 0 aliphatic rings. The van der Waals surface area contributed by atoms with Crippen molar-refractivity contribution >= 4 is 34.3 Å². The second-order valence-corrected chi connectivity index (χ2v) is 8.38. The van der Waals surface area contributed by atoms with Gasteiger partial charge in [0.05, 0.1) is 12.7 Å². The number of hydrogen-bond donors (Lipinski definition) is 1. The number of ether oxygens (including phenoxy) is 2. The van der Waals surface area contributed by atoms with Gasteiger partial charge in [0.1, 0.15) is 34.8 Å². The number of aryl methyl sites for hydroxylation is 1. The number of nitrogens with one attached hydrogen (secondary N) is 1. The van der Waals surface area contributed by atoms with Gasteiger partial charge in [0.25, 0.3) is 5.91 Å². The molecule has 1 heterocycles. The quantitative estimate of drug-likeness (QED) is 0.240. The Morgan fingerprint density at radius 1 is 1.18 bits per heavy atom. The molecule has 0 spiro atoms. The van der Waals surface area contributed by atoms with Crippen LogP contribution in [0.1, 0.15) is 39.7 Å². The van der Waals surface area contributed by atoms with Gasteiger partial charge < -0.3 is 14.8 Å². The Bertz CT molecular complexity index is 1260. The number of carbonyl (C=O) groups is 2. The lowest BCUT2D eigenvalue weighted by Crippen LogP contribution is -2.15. The topological polar surface area (TPSA) is 88.4 Å². The molecule has 34 heavy (non-hydrogen) atoms. The third-order valence-corrected chi connectivity index (χ3v) is 5.95. The number of amides is 1. The van der Waals surface area contributed by atoms with Gasteiger partial charge in [-0.25, -0.2) is 9.18 Å². The molecule has 1 N–H and O–H groups in total. The van der Waals surface area contributed by atoms with Crippen LogP contribution in [0.5, 0.6) is 5.75 Å². The number of benzene rings is 2. The van der Waals surface area contributed by atoms with Crippen LogP contribution >= 0.6 is 11.3 Å². The van der Waals surface area contributed by atoms with Crippen LogP contribution in [0, 0.1) is 17.1 Å². The SMILES string of the molecule is CCCc1cc(C(=O)OC)c(NC(=O)C(C#N)=Cc2ccccc2OCc2ccccc2F)s1. The lowest BCUT2D eigenvalue weighted by atomic mass is 10.1. The number of esters is 1. The zero-order valence-electron chi connectivity index (χ0n) is 18.8. The number of rotatable bonds is 9. The maximum Gasteiger partial charge on any atom is 0.340 e. The summed E-state index contributed by atoms with van der Waals surface area (Å²) < 4.78 is 24.5. The number of methoxy groups -OCH3 is 1. The number of para-hydroxylation sites is 1. The number of hydrogen-bond acceptors (Lipinski definition) is 6. The van der Waals surface area contributed by atoms with E-state index in [1.165, 1.54) is 30.6 Å². The first kappa shape index (κ1) is 24.7. The van der Waals surface area contributed by atoms with E-state index in [0.717, 1.165) is 17.7 Å². The Balaban J connectivity index is 1.83. The van der Waals surface area contributed by atoms with Crippen molar-refractivity contribution in [1.29, 1.82) is 5.26 Å². The van der Waals surface area contributed by atoms with E-state index in [1.54, 1.807) is 48.5 Å². The Morgan fingerprint density at radius 2 is 1.91 bits per heavy atom. The molecule has 2 aromatic carbocycles. The first-order valence-corrected chi connectivity index (χ1v) is 11.4. The molecule has 3 rings (SSSR count). The van der Waals surface area contributed by atoms with Gasteiger partial charge in [-0.3, -0.25) is 4.79 Å². The van der Waals surface area contributed by atoms with Crippen molar-refractivity contribution < 1.29 is 23.5 Å². The van der Waals surface area contributed by atoms with E-state index in [4.69, 9.17) is 9.47 Å². The highest BCUT2D eigenvalue weighted by Crippen LogP contribution is 2.30. The third-order valence-electron chi connectivity index (χ3n) is 4.84. The molecule has 1 aromatic heterocycles. The molecule has 3 aromatic rings. The second-order valence-electron chi connectivity index (χ2n) is 7.24. The zero-order chi connectivity index (χ0) is 24.5. The summed E-state index contributed by atoms with van der Waals surface area (Å²) in [6.07, 6.45) is 3.02. The average Bonchev–Trinajstić information content (AvgIpc) is 3.24. The minimum atomic E-state index is -0.665. The smallest absolute Gasteiger partial charge is 0.340 e. The number of nitrogens with zero attached hydrogens (tertiary/aromatic N) is 1. The standard InChI is InChI=1S/C26H23FN2O4S/c1-3-8-20-14-21(26(31)32-2)25(34-20)29-24(30)19(15-28)13-17-9-5-7-12-23(17)33-16-18-10-4-6-11-22(18)27/h4-7,9-14H,3,8,16H2,1-2H3,(H,29,30). The summed E-state index contributed by atoms with van der Waals surface area (Å²) in [4.78, 5) is 25.9. The highest BCUT2D eigenvalue weighted by Gasteiger charge is 2.20. The van der Waals surface area contributed by atoms with Crippen molar-refractivity contribution in [3.63, 3.8) is 0 Å². The Morgan fingerprint density at radius 3 is 2.62 bits per heavy atom. The summed E-state index contributed by atoms with van der Waals surface area (Å²) in [5.41, 5.74) is 0.936. The molecule has 8 heteroatoms. The van der Waals surface area contributed by atoms with E-state index in [9.17, 15) is 19.2 Å². The van der Waals surface area contributed by atoms with Gasteiger partial charge in [-0.1, -0.05) is 49.7 Å². The molecule has 0 bridgehead atoms. The predicted octanol–water partition coefficient (Wildman–Crippen LogP) is 5.75. The zero-order valence-corrected chi connectivity index (χ0v) is 19.6. The normalized spacial score (nSPS) is 10.9. The van der Waals surface area contributed by atoms with Crippen LogP contribution in [0.25, 0.3) is 6.08 Å². The molecule has 0 aliphatic carbocycles. The summed E-state index contributed by atoms with van der Waals surface area (Å²) in [5, 5.41) is 12.6. The van der Waals surface area contributed by atoms with Crippen LogP contribution in [-0.2, 0) is 22.6 Å². The van der Waals surface area contributed by atoms with Crippen molar-refractivity contribution in [1.82, 2.24) is 0 Å². The summed E-state index contributed by atoms with van der Waals surface area (Å²) in [6, 6.07) is 16.7. The lowest BCUT2D eigenvalue weighted by Gasteiger charge is -2.10. The minimum Gasteiger partial charge on any atom is -0.488 e. The molecular formula is C26H23FN2O4S. The number of anilines is 1. The van der Waals surface area contributed by atoms with Gasteiger partial charge in [-0.05, 0) is 30.7 Å². The van der Waals surface area contributed by atoms with Gasteiger partial charge in [0, 0.05) is 16.0 Å². The fourth-order valence-corrected chi connectivity index (χ4v) is 4.28. The number of halogens is 1. The fraction of sp³-hybridized carbons (Fsp3) is 0.192. The molecule has 174 valence electrons. The van der Waals surface area contributed by atoms with Gasteiger partial charge >= 0.3 is 5.97 Å². The second kappa shape index (κ2) is 11.8. The Kier molecular flexibility index (Phi) is 8.54. The van der Waals surface area contributed by atoms with Gasteiger partial charge in [0.2, 0.25) is 0 Å². The summed E-state index contributed by atoms with van der Waals surface area (Å²) in [6.45, 7) is 2.00. The molecule has 0 atom stereocenters. The number of nitriles is 1. The van der Waals surface area contributed by atoms with Crippen molar-refractivity contribution in [2.75, 3.05) is 12.4 Å². The van der Waals surface area contributed by atoms with Crippen molar-refractivity contribution in [2.45, 2.75) is 26.4 Å². The predicted molar refractivity (Wildman–Crippen MR) is 129 cm³/mol. The molecule has 6 nitrogen and oxygen atoms in total. The third kappa shape index (κ3) is 6.09. The average molecular weight is 479 g/mol. The molecule has 0 radical (unpaired) electrons. The first-order chi connectivity index (χ1) is 16.5. The van der Waals surface area contributed by atoms with Crippen molar-refractivity contribution in [2.24, 2.45) is 0 Å². The van der Waals surface area contributed by atoms with Gasteiger partial charge in [-0.15, -0.1) is 11.3 Å². The summed E-state index contributed by atoms with van der Waals surface area (Å²) >= 11 is 1.27. The molecule has 0 unspecified atom stereocenters. The van der Waals surface area contributed by atoms with Gasteiger partial charge in [0.15, 0.2) is 0 Å². The van der Waals surface area contributed by atoms with Crippen LogP contribution < -0.4 is 10.1 Å². The summed E-state index contributed by atoms with van der Waals surface area (Å²) in [7, 11) is 1.27. The fourth-order valence-electron chi connectivity index (χ4n) is 3.14. The van der Waals surface area contributed by atoms with Crippen molar-refractivity contribution in [3.8, 4) is 11.8 Å². The minimum absolute atomic E-state index is 0.0104. The molecular weight excluding hydrogens is 455 g/mol. The maximum absolute atomic E-state index is 13.9. The van der Waals surface area contributed by atoms with Crippen LogP contribution in [-0.4, -0.2) is 19.0 Å². The van der Waals surface area contributed by atoms with Crippen LogP contribution in [0.4, 0.5) is 9.39 Å². The molecule has 0 saturated carbocycles. The van der Waals surface area contributed by atoms with E-state index in [2.05, 4.69) is 5.32 Å². The Labute approximate surface area is 201 Å². The lowest BCUT2D eigenvalue weighted by molar-refractivity contribution is -0.112. The van der Waals surface area contributed by atoms with E-state index < -0.39 is 11.9 Å². The molecule has 0 saturated heterocycles. The monoisotopic (exact) mass is 478 g/mol. The molecule has 1 amide bonds. The highest BCUT2D eigenvalue weighted by molar-refractivity contribution is 7.16. The van der Waals surface area contributed by atoms with E-state index in [1.807, 2.05) is 13.0 Å². The van der Waals surface area contributed by atoms with Crippen LogP contribution in [0.3, 0.4) is 0 Å². The first-order valence-electron chi connectivity index (χ1n) is 10.6. The number of thiophene rings is 1. The van der Waals surface area contributed by atoms with Gasteiger partial charge in [-0.2, -0.15) is 5.26 Å². The van der Waals surface area contributed by atoms with Crippen LogP contribution in [0.15, 0.2) is 60.2 Å². The highest BCUT2D eigenvalue weighted by atomic mass is 32.1. The Hall–Kier alpha value is -3.96. The molecule has 0 aliphatic heterocycles. The van der Waals surface area contributed by atoms with E-state index in [0.29, 0.717) is 21.9 Å². The molecule has 0 fully saturated rings.